The molecule has 2 aromatic rings. The van der Waals surface area contributed by atoms with Crippen LogP contribution in [-0.2, 0) is 9.59 Å². The van der Waals surface area contributed by atoms with E-state index in [-0.39, 0.29) is 30.8 Å². The Morgan fingerprint density at radius 2 is 1.23 bits per heavy atom. The predicted octanol–water partition coefficient (Wildman–Crippen LogP) is 2.17. The van der Waals surface area contributed by atoms with Gasteiger partial charge in [0.05, 0.1) is 13.1 Å². The number of amides is 2. The molecule has 0 spiro atoms. The van der Waals surface area contributed by atoms with Crippen LogP contribution in [-0.4, -0.2) is 71.9 Å². The summed E-state index contributed by atoms with van der Waals surface area (Å²) in [6.07, 6.45) is 0. The Bertz CT molecular complexity index is 788. The zero-order valence-electron chi connectivity index (χ0n) is 18.5. The Labute approximate surface area is 178 Å². The fourth-order valence-electron chi connectivity index (χ4n) is 3.33. The highest BCUT2D eigenvalue weighted by molar-refractivity contribution is 5.91. The Morgan fingerprint density at radius 3 is 1.60 bits per heavy atom. The van der Waals surface area contributed by atoms with Gasteiger partial charge in [0.2, 0.25) is 11.8 Å². The largest absolute Gasteiger partial charge is 0.310 e. The monoisotopic (exact) mass is 412 g/mol. The average Bonchev–Trinajstić information content (AvgIpc) is 2.60. The number of aryl methyl sites for hydroxylation is 2. The number of hydrogen-bond donors (Lipinski definition) is 2. The highest BCUT2D eigenvalue weighted by Crippen LogP contribution is 2.06. The van der Waals surface area contributed by atoms with Crippen LogP contribution in [0.15, 0.2) is 36.4 Å². The Morgan fingerprint density at radius 1 is 0.833 bits per heavy atom. The number of hydrogen-bond acceptors (Lipinski definition) is 6. The molecular formula is C22H32N6O2. The first kappa shape index (κ1) is 23.4. The lowest BCUT2D eigenvalue weighted by atomic mass is 10.1. The molecule has 0 aromatic carbocycles. The fourth-order valence-corrected chi connectivity index (χ4v) is 3.33. The van der Waals surface area contributed by atoms with Gasteiger partial charge < -0.3 is 10.6 Å². The minimum absolute atomic E-state index is 0.0961. The molecule has 0 saturated heterocycles. The molecule has 0 bridgehead atoms. The first-order valence-corrected chi connectivity index (χ1v) is 10.1. The molecule has 30 heavy (non-hydrogen) atoms. The fraction of sp³-hybridized carbons (Fsp3) is 0.455. The van der Waals surface area contributed by atoms with Crippen LogP contribution in [0.5, 0.6) is 0 Å². The molecular weight excluding hydrogens is 380 g/mol. The third-order valence-corrected chi connectivity index (χ3v) is 4.39. The van der Waals surface area contributed by atoms with Crippen molar-refractivity contribution in [1.29, 1.82) is 0 Å². The van der Waals surface area contributed by atoms with Crippen LogP contribution in [0, 0.1) is 19.8 Å². The molecule has 162 valence electrons. The molecule has 0 unspecified atom stereocenters. The van der Waals surface area contributed by atoms with Crippen molar-refractivity contribution < 1.29 is 9.59 Å². The topological polar surface area (TPSA) is 90.5 Å². The molecule has 0 fully saturated rings. The molecule has 0 saturated carbocycles. The molecule has 2 rings (SSSR count). The normalized spacial score (nSPS) is 11.2. The van der Waals surface area contributed by atoms with Gasteiger partial charge in [-0.15, -0.1) is 0 Å². The van der Waals surface area contributed by atoms with Crippen molar-refractivity contribution in [1.82, 2.24) is 19.8 Å². The lowest BCUT2D eigenvalue weighted by molar-refractivity contribution is -0.117. The molecule has 2 N–H and O–H groups in total. The SMILES string of the molecule is Cc1cccc(NC(=O)CN(C)CC(C)CN(C)CC(=O)Nc2cccc(C)n2)n1. The van der Waals surface area contributed by atoms with Crippen molar-refractivity contribution in [3.8, 4) is 0 Å². The molecule has 0 atom stereocenters. The summed E-state index contributed by atoms with van der Waals surface area (Å²) in [5, 5.41) is 5.64. The van der Waals surface area contributed by atoms with Crippen LogP contribution < -0.4 is 10.6 Å². The van der Waals surface area contributed by atoms with Crippen LogP contribution >= 0.6 is 0 Å². The number of pyridine rings is 2. The van der Waals surface area contributed by atoms with Crippen molar-refractivity contribution in [3.05, 3.63) is 47.8 Å². The summed E-state index contributed by atoms with van der Waals surface area (Å²) < 4.78 is 0. The first-order valence-electron chi connectivity index (χ1n) is 10.1. The average molecular weight is 413 g/mol. The van der Waals surface area contributed by atoms with E-state index in [2.05, 4.69) is 27.5 Å². The van der Waals surface area contributed by atoms with E-state index in [0.29, 0.717) is 11.6 Å². The number of rotatable bonds is 10. The van der Waals surface area contributed by atoms with Gasteiger partial charge in [-0.05, 0) is 58.1 Å². The lowest BCUT2D eigenvalue weighted by Gasteiger charge is -2.25. The maximum Gasteiger partial charge on any atom is 0.239 e. The number of nitrogens with one attached hydrogen (secondary N) is 2. The van der Waals surface area contributed by atoms with Gasteiger partial charge in [0, 0.05) is 24.5 Å². The Hall–Kier alpha value is -2.84. The second-order valence-corrected chi connectivity index (χ2v) is 7.92. The highest BCUT2D eigenvalue weighted by Gasteiger charge is 2.15. The van der Waals surface area contributed by atoms with Gasteiger partial charge in [0.15, 0.2) is 0 Å². The van der Waals surface area contributed by atoms with E-state index in [1.54, 1.807) is 12.1 Å². The van der Waals surface area contributed by atoms with Crippen LogP contribution in [0.2, 0.25) is 0 Å². The third kappa shape index (κ3) is 8.67. The van der Waals surface area contributed by atoms with Crippen molar-refractivity contribution in [2.75, 3.05) is 50.9 Å². The standard InChI is InChI=1S/C22H32N6O2/c1-16(12-27(4)14-21(29)25-19-10-6-8-17(2)23-19)13-28(5)15-22(30)26-20-11-7-9-18(3)24-20/h6-11,16H,12-15H2,1-5H3,(H,23,25,29)(H,24,26,30). The van der Waals surface area contributed by atoms with E-state index in [9.17, 15) is 9.59 Å². The number of aromatic nitrogens is 2. The number of carbonyl (C=O) groups excluding carboxylic acids is 2. The maximum absolute atomic E-state index is 12.2. The number of nitrogens with zero attached hydrogens (tertiary/aromatic N) is 4. The summed E-state index contributed by atoms with van der Waals surface area (Å²) in [4.78, 5) is 37.0. The van der Waals surface area contributed by atoms with E-state index >= 15 is 0 Å². The molecule has 2 heterocycles. The number of likely N-dealkylation sites (N-methyl/N-ethyl adjacent to an activating group) is 2. The van der Waals surface area contributed by atoms with Crippen molar-refractivity contribution in [2.45, 2.75) is 20.8 Å². The van der Waals surface area contributed by atoms with Crippen molar-refractivity contribution >= 4 is 23.5 Å². The van der Waals surface area contributed by atoms with Gasteiger partial charge >= 0.3 is 0 Å². The van der Waals surface area contributed by atoms with E-state index in [4.69, 9.17) is 0 Å². The summed E-state index contributed by atoms with van der Waals surface area (Å²) in [7, 11) is 3.83. The van der Waals surface area contributed by atoms with Gasteiger partial charge in [-0.1, -0.05) is 19.1 Å². The minimum Gasteiger partial charge on any atom is -0.310 e. The highest BCUT2D eigenvalue weighted by atomic mass is 16.2. The second kappa shape index (κ2) is 11.4. The van der Waals surface area contributed by atoms with E-state index in [0.717, 1.165) is 24.5 Å². The molecule has 0 aliphatic carbocycles. The molecule has 8 nitrogen and oxygen atoms in total. The van der Waals surface area contributed by atoms with Crippen LogP contribution in [0.25, 0.3) is 0 Å². The Balaban J connectivity index is 1.71. The number of carbonyl (C=O) groups is 2. The molecule has 0 aliphatic heterocycles. The van der Waals surface area contributed by atoms with Gasteiger partial charge in [-0.2, -0.15) is 0 Å². The van der Waals surface area contributed by atoms with Crippen LogP contribution in [0.4, 0.5) is 11.6 Å². The van der Waals surface area contributed by atoms with Crippen molar-refractivity contribution in [2.24, 2.45) is 5.92 Å². The van der Waals surface area contributed by atoms with Crippen molar-refractivity contribution in [3.63, 3.8) is 0 Å². The summed E-state index contributed by atoms with van der Waals surface area (Å²) in [5.74, 6) is 1.22. The summed E-state index contributed by atoms with van der Waals surface area (Å²) in [6, 6.07) is 11.1. The first-order chi connectivity index (χ1) is 14.2. The molecule has 2 aromatic heterocycles. The molecule has 2 amide bonds. The maximum atomic E-state index is 12.2. The van der Waals surface area contributed by atoms with Gasteiger partial charge in [0.25, 0.3) is 0 Å². The zero-order valence-corrected chi connectivity index (χ0v) is 18.5. The predicted molar refractivity (Wildman–Crippen MR) is 119 cm³/mol. The number of anilines is 2. The molecule has 8 heteroatoms. The van der Waals surface area contributed by atoms with E-state index < -0.39 is 0 Å². The van der Waals surface area contributed by atoms with Crippen LogP contribution in [0.1, 0.15) is 18.3 Å². The summed E-state index contributed by atoms with van der Waals surface area (Å²) in [6.45, 7) is 7.91. The zero-order chi connectivity index (χ0) is 22.1. The van der Waals surface area contributed by atoms with Gasteiger partial charge in [-0.25, -0.2) is 9.97 Å². The lowest BCUT2D eigenvalue weighted by Crippen LogP contribution is -2.38. The minimum atomic E-state index is -0.0961. The Kier molecular flexibility index (Phi) is 8.89. The summed E-state index contributed by atoms with van der Waals surface area (Å²) >= 11 is 0. The third-order valence-electron chi connectivity index (χ3n) is 4.39. The van der Waals surface area contributed by atoms with E-state index in [1.165, 1.54) is 0 Å². The summed E-state index contributed by atoms with van der Waals surface area (Å²) in [5.41, 5.74) is 1.72. The molecule has 0 radical (unpaired) electrons. The molecule has 0 aliphatic rings. The van der Waals surface area contributed by atoms with E-state index in [1.807, 2.05) is 62.0 Å². The van der Waals surface area contributed by atoms with Gasteiger partial charge in [0.1, 0.15) is 11.6 Å². The van der Waals surface area contributed by atoms with Crippen LogP contribution in [0.3, 0.4) is 0 Å². The van der Waals surface area contributed by atoms with Gasteiger partial charge in [-0.3, -0.25) is 19.4 Å². The second-order valence-electron chi connectivity index (χ2n) is 7.92. The quantitative estimate of drug-likeness (QED) is 0.622. The smallest absolute Gasteiger partial charge is 0.239 e.